The van der Waals surface area contributed by atoms with E-state index in [-0.39, 0.29) is 17.7 Å². The van der Waals surface area contributed by atoms with Crippen LogP contribution in [0.4, 0.5) is 5.69 Å². The number of amides is 3. The Labute approximate surface area is 177 Å². The average Bonchev–Trinajstić information content (AvgIpc) is 2.73. The Morgan fingerprint density at radius 1 is 0.967 bits per heavy atom. The molecule has 2 rings (SSSR count). The van der Waals surface area contributed by atoms with Crippen molar-refractivity contribution >= 4 is 23.4 Å². The number of carbonyl (C=O) groups excluding carboxylic acids is 3. The Morgan fingerprint density at radius 3 is 2.30 bits per heavy atom. The summed E-state index contributed by atoms with van der Waals surface area (Å²) in [6, 6.07) is 12.4. The van der Waals surface area contributed by atoms with E-state index in [0.29, 0.717) is 36.5 Å². The van der Waals surface area contributed by atoms with E-state index in [9.17, 15) is 14.4 Å². The Kier molecular flexibility index (Phi) is 8.41. The van der Waals surface area contributed by atoms with Crippen molar-refractivity contribution in [1.82, 2.24) is 10.6 Å². The second-order valence-electron chi connectivity index (χ2n) is 7.06. The van der Waals surface area contributed by atoms with Crippen LogP contribution in [0.5, 0.6) is 5.75 Å². The van der Waals surface area contributed by atoms with Gasteiger partial charge < -0.3 is 20.7 Å². The second kappa shape index (κ2) is 11.0. The first-order valence-corrected chi connectivity index (χ1v) is 10.00. The van der Waals surface area contributed by atoms with Crippen LogP contribution < -0.4 is 20.7 Å². The van der Waals surface area contributed by atoms with Crippen molar-refractivity contribution in [3.05, 3.63) is 59.2 Å². The number of hydrogen-bond acceptors (Lipinski definition) is 4. The van der Waals surface area contributed by atoms with E-state index in [1.54, 1.807) is 38.1 Å². The molecule has 7 nitrogen and oxygen atoms in total. The highest BCUT2D eigenvalue weighted by molar-refractivity contribution is 5.96. The summed E-state index contributed by atoms with van der Waals surface area (Å²) in [4.78, 5) is 35.7. The largest absolute Gasteiger partial charge is 0.481 e. The van der Waals surface area contributed by atoms with Crippen molar-refractivity contribution in [2.75, 3.05) is 18.4 Å². The molecule has 0 heterocycles. The molecule has 0 spiro atoms. The van der Waals surface area contributed by atoms with E-state index in [2.05, 4.69) is 16.0 Å². The van der Waals surface area contributed by atoms with Gasteiger partial charge in [0.15, 0.2) is 6.10 Å². The van der Waals surface area contributed by atoms with Crippen LogP contribution in [0.15, 0.2) is 42.5 Å². The van der Waals surface area contributed by atoms with Gasteiger partial charge in [-0.25, -0.2) is 0 Å². The molecule has 0 radical (unpaired) electrons. The average molecular weight is 412 g/mol. The summed E-state index contributed by atoms with van der Waals surface area (Å²) >= 11 is 0. The summed E-state index contributed by atoms with van der Waals surface area (Å²) in [5.74, 6) is 0.102. The van der Waals surface area contributed by atoms with E-state index in [4.69, 9.17) is 4.74 Å². The fraction of sp³-hybridized carbons (Fsp3) is 0.348. The second-order valence-corrected chi connectivity index (χ2v) is 7.06. The molecule has 0 saturated carbocycles. The number of hydrogen-bond donors (Lipinski definition) is 3. The molecule has 2 aromatic rings. The molecular weight excluding hydrogens is 382 g/mol. The molecule has 7 heteroatoms. The van der Waals surface area contributed by atoms with Gasteiger partial charge >= 0.3 is 0 Å². The lowest BCUT2D eigenvalue weighted by Gasteiger charge is -2.17. The third kappa shape index (κ3) is 6.92. The number of carbonyl (C=O) groups is 3. The van der Waals surface area contributed by atoms with Crippen molar-refractivity contribution in [1.29, 1.82) is 0 Å². The molecule has 160 valence electrons. The van der Waals surface area contributed by atoms with Crippen molar-refractivity contribution in [2.24, 2.45) is 0 Å². The van der Waals surface area contributed by atoms with Crippen LogP contribution in [-0.2, 0) is 9.59 Å². The number of benzene rings is 2. The van der Waals surface area contributed by atoms with Crippen LogP contribution >= 0.6 is 0 Å². The van der Waals surface area contributed by atoms with Gasteiger partial charge in [0.1, 0.15) is 5.75 Å². The highest BCUT2D eigenvalue weighted by Gasteiger charge is 2.16. The normalized spacial score (nSPS) is 11.3. The first kappa shape index (κ1) is 22.9. The highest BCUT2D eigenvalue weighted by Crippen LogP contribution is 2.21. The summed E-state index contributed by atoms with van der Waals surface area (Å²) < 4.78 is 5.80. The number of nitrogens with one attached hydrogen (secondary N) is 3. The predicted molar refractivity (Wildman–Crippen MR) is 117 cm³/mol. The molecule has 1 atom stereocenters. The minimum absolute atomic E-state index is 0.0555. The molecule has 30 heavy (non-hydrogen) atoms. The lowest BCUT2D eigenvalue weighted by molar-refractivity contribution is -0.122. The van der Waals surface area contributed by atoms with Gasteiger partial charge in [-0.1, -0.05) is 19.1 Å². The van der Waals surface area contributed by atoms with E-state index >= 15 is 0 Å². The Hall–Kier alpha value is -3.35. The number of ether oxygens (including phenoxy) is 1. The molecule has 0 saturated heterocycles. The van der Waals surface area contributed by atoms with Crippen molar-refractivity contribution in [3.8, 4) is 5.75 Å². The van der Waals surface area contributed by atoms with Gasteiger partial charge in [0.25, 0.3) is 11.8 Å². The fourth-order valence-electron chi connectivity index (χ4n) is 2.63. The summed E-state index contributed by atoms with van der Waals surface area (Å²) in [5, 5.41) is 8.21. The molecule has 0 fully saturated rings. The van der Waals surface area contributed by atoms with Gasteiger partial charge in [-0.05, 0) is 62.2 Å². The monoisotopic (exact) mass is 411 g/mol. The van der Waals surface area contributed by atoms with E-state index in [1.165, 1.54) is 0 Å². The maximum Gasteiger partial charge on any atom is 0.265 e. The lowest BCUT2D eigenvalue weighted by atomic mass is 10.1. The molecule has 1 unspecified atom stereocenters. The topological polar surface area (TPSA) is 96.5 Å². The van der Waals surface area contributed by atoms with E-state index < -0.39 is 6.10 Å². The molecule has 0 aliphatic rings. The molecular formula is C23H29N3O4. The third-order valence-electron chi connectivity index (χ3n) is 4.49. The Morgan fingerprint density at radius 2 is 1.63 bits per heavy atom. The first-order chi connectivity index (χ1) is 14.3. The standard InChI is InChI=1S/C23H29N3O4/c1-5-21(27)24-12-13-25-23(29)18-8-10-19(11-9-18)26-22(28)17(4)30-20-14-15(2)6-7-16(20)3/h6-11,14,17H,5,12-13H2,1-4H3,(H,24,27)(H,25,29)(H,26,28). The minimum atomic E-state index is -0.674. The smallest absolute Gasteiger partial charge is 0.265 e. The van der Waals surface area contributed by atoms with Crippen molar-refractivity contribution in [2.45, 2.75) is 40.2 Å². The predicted octanol–water partition coefficient (Wildman–Crippen LogP) is 2.97. The summed E-state index contributed by atoms with van der Waals surface area (Å²) in [5.41, 5.74) is 3.06. The first-order valence-electron chi connectivity index (χ1n) is 10.00. The summed E-state index contributed by atoms with van der Waals surface area (Å²) in [7, 11) is 0. The summed E-state index contributed by atoms with van der Waals surface area (Å²) in [6.07, 6.45) is -0.262. The van der Waals surface area contributed by atoms with E-state index in [1.807, 2.05) is 32.0 Å². The van der Waals surface area contributed by atoms with Crippen LogP contribution in [0.25, 0.3) is 0 Å². The van der Waals surface area contributed by atoms with Crippen LogP contribution in [0, 0.1) is 13.8 Å². The van der Waals surface area contributed by atoms with Gasteiger partial charge in [0.2, 0.25) is 5.91 Å². The third-order valence-corrected chi connectivity index (χ3v) is 4.49. The molecule has 3 amide bonds. The van der Waals surface area contributed by atoms with Crippen molar-refractivity contribution < 1.29 is 19.1 Å². The Balaban J connectivity index is 1.85. The highest BCUT2D eigenvalue weighted by atomic mass is 16.5. The zero-order valence-corrected chi connectivity index (χ0v) is 17.9. The van der Waals surface area contributed by atoms with Gasteiger partial charge in [-0.15, -0.1) is 0 Å². The van der Waals surface area contributed by atoms with Gasteiger partial charge in [0, 0.05) is 30.8 Å². The zero-order chi connectivity index (χ0) is 22.1. The number of aryl methyl sites for hydroxylation is 2. The molecule has 2 aromatic carbocycles. The van der Waals surface area contributed by atoms with E-state index in [0.717, 1.165) is 11.1 Å². The maximum absolute atomic E-state index is 12.4. The van der Waals surface area contributed by atoms with Crippen molar-refractivity contribution in [3.63, 3.8) is 0 Å². The maximum atomic E-state index is 12.4. The van der Waals surface area contributed by atoms with Gasteiger partial charge in [-0.3, -0.25) is 14.4 Å². The van der Waals surface area contributed by atoms with Crippen LogP contribution in [0.1, 0.15) is 41.8 Å². The van der Waals surface area contributed by atoms with Gasteiger partial charge in [-0.2, -0.15) is 0 Å². The number of rotatable bonds is 9. The molecule has 3 N–H and O–H groups in total. The van der Waals surface area contributed by atoms with Crippen LogP contribution in [0.3, 0.4) is 0 Å². The van der Waals surface area contributed by atoms with Crippen LogP contribution in [0.2, 0.25) is 0 Å². The lowest BCUT2D eigenvalue weighted by Crippen LogP contribution is -2.34. The zero-order valence-electron chi connectivity index (χ0n) is 17.9. The molecule has 0 bridgehead atoms. The number of anilines is 1. The van der Waals surface area contributed by atoms with Gasteiger partial charge in [0.05, 0.1) is 0 Å². The summed E-state index contributed by atoms with van der Waals surface area (Å²) in [6.45, 7) is 8.08. The SMILES string of the molecule is CCC(=O)NCCNC(=O)c1ccc(NC(=O)C(C)Oc2cc(C)ccc2C)cc1. The van der Waals surface area contributed by atoms with Crippen LogP contribution in [-0.4, -0.2) is 36.9 Å². The minimum Gasteiger partial charge on any atom is -0.481 e. The quantitative estimate of drug-likeness (QED) is 0.553. The molecule has 0 aliphatic carbocycles. The molecule has 0 aromatic heterocycles. The Bertz CT molecular complexity index is 894. The fourth-order valence-corrected chi connectivity index (χ4v) is 2.63. The molecule has 0 aliphatic heterocycles.